The van der Waals surface area contributed by atoms with Crippen LogP contribution in [0.15, 0.2) is 27.4 Å². The van der Waals surface area contributed by atoms with Crippen molar-refractivity contribution in [3.8, 4) is 0 Å². The zero-order valence-electron chi connectivity index (χ0n) is 10.0. The molecule has 1 aromatic heterocycles. The lowest BCUT2D eigenvalue weighted by Gasteiger charge is -2.06. The Bertz CT molecular complexity index is 528. The first-order valence-corrected chi connectivity index (χ1v) is 7.68. The third kappa shape index (κ3) is 3.45. The molecule has 2 rings (SSSR count). The molecule has 0 fully saturated rings. The van der Waals surface area contributed by atoms with E-state index in [1.165, 1.54) is 17.1 Å². The number of hydrogen-bond acceptors (Lipinski definition) is 5. The minimum atomic E-state index is 0.630. The molecule has 0 aliphatic carbocycles. The van der Waals surface area contributed by atoms with Gasteiger partial charge in [0.25, 0.3) is 0 Å². The predicted molar refractivity (Wildman–Crippen MR) is 77.6 cm³/mol. The van der Waals surface area contributed by atoms with E-state index < -0.39 is 0 Å². The topological polar surface area (TPSA) is 51.8 Å². The highest BCUT2D eigenvalue weighted by molar-refractivity contribution is 8.01. The highest BCUT2D eigenvalue weighted by Crippen LogP contribution is 2.33. The molecule has 0 amide bonds. The van der Waals surface area contributed by atoms with Gasteiger partial charge in [0, 0.05) is 16.3 Å². The summed E-state index contributed by atoms with van der Waals surface area (Å²) in [6, 6.07) is 5.89. The second-order valence-corrected chi connectivity index (χ2v) is 6.20. The third-order valence-electron chi connectivity index (χ3n) is 2.41. The number of rotatable bonds is 5. The van der Waals surface area contributed by atoms with E-state index in [2.05, 4.69) is 16.3 Å². The van der Waals surface area contributed by atoms with Gasteiger partial charge in [0.1, 0.15) is 5.82 Å². The Labute approximate surface area is 120 Å². The van der Waals surface area contributed by atoms with Gasteiger partial charge in [-0.15, -0.1) is 0 Å². The zero-order chi connectivity index (χ0) is 13.0. The summed E-state index contributed by atoms with van der Waals surface area (Å²) in [5.74, 6) is 0.893. The molecule has 6 heteroatoms. The molecule has 0 unspecified atom stereocenters. The molecular formula is C12H14ClN3S2. The predicted octanol–water partition coefficient (Wildman–Crippen LogP) is 3.41. The summed E-state index contributed by atoms with van der Waals surface area (Å²) in [6.07, 6.45) is 1.71. The van der Waals surface area contributed by atoms with Gasteiger partial charge in [0.2, 0.25) is 0 Å². The lowest BCUT2D eigenvalue weighted by atomic mass is 10.1. The molecule has 0 atom stereocenters. The number of benzene rings is 1. The van der Waals surface area contributed by atoms with E-state index in [4.69, 9.17) is 17.3 Å². The SMILES string of the molecule is CCc1nsc(Sc2cc(Cl)ccc2CCN)n1. The summed E-state index contributed by atoms with van der Waals surface area (Å²) < 4.78 is 5.23. The zero-order valence-corrected chi connectivity index (χ0v) is 12.4. The van der Waals surface area contributed by atoms with Crippen LogP contribution < -0.4 is 5.73 Å². The van der Waals surface area contributed by atoms with Crippen molar-refractivity contribution in [1.29, 1.82) is 0 Å². The van der Waals surface area contributed by atoms with E-state index in [0.717, 1.165) is 32.9 Å². The van der Waals surface area contributed by atoms with Crippen molar-refractivity contribution < 1.29 is 0 Å². The Morgan fingerprint density at radius 3 is 2.94 bits per heavy atom. The number of nitrogens with two attached hydrogens (primary N) is 1. The molecule has 1 heterocycles. The van der Waals surface area contributed by atoms with E-state index in [1.54, 1.807) is 11.8 Å². The van der Waals surface area contributed by atoms with E-state index >= 15 is 0 Å². The smallest absolute Gasteiger partial charge is 0.174 e. The van der Waals surface area contributed by atoms with Crippen molar-refractivity contribution in [2.75, 3.05) is 6.54 Å². The maximum absolute atomic E-state index is 6.04. The average Bonchev–Trinajstić information content (AvgIpc) is 2.80. The number of aryl methyl sites for hydroxylation is 1. The number of aromatic nitrogens is 2. The molecule has 0 saturated heterocycles. The number of nitrogens with zero attached hydrogens (tertiary/aromatic N) is 2. The summed E-state index contributed by atoms with van der Waals surface area (Å²) in [7, 11) is 0. The van der Waals surface area contributed by atoms with Crippen LogP contribution in [0.5, 0.6) is 0 Å². The Kier molecular flexibility index (Phi) is 5.00. The first kappa shape index (κ1) is 13.8. The first-order chi connectivity index (χ1) is 8.72. The van der Waals surface area contributed by atoms with Crippen LogP contribution in [0, 0.1) is 0 Å². The Hall–Kier alpha value is -0.620. The summed E-state index contributed by atoms with van der Waals surface area (Å²) in [4.78, 5) is 5.57. The molecule has 1 aromatic carbocycles. The minimum absolute atomic E-state index is 0.630. The van der Waals surface area contributed by atoms with E-state index in [9.17, 15) is 0 Å². The molecule has 0 saturated carbocycles. The van der Waals surface area contributed by atoms with Crippen LogP contribution in [0.3, 0.4) is 0 Å². The van der Waals surface area contributed by atoms with E-state index in [1.807, 2.05) is 18.2 Å². The number of hydrogen-bond donors (Lipinski definition) is 1. The highest BCUT2D eigenvalue weighted by Gasteiger charge is 2.09. The fraction of sp³-hybridized carbons (Fsp3) is 0.333. The largest absolute Gasteiger partial charge is 0.330 e. The fourth-order valence-electron chi connectivity index (χ4n) is 1.50. The summed E-state index contributed by atoms with van der Waals surface area (Å²) in [6.45, 7) is 2.68. The Balaban J connectivity index is 2.23. The highest BCUT2D eigenvalue weighted by atomic mass is 35.5. The van der Waals surface area contributed by atoms with Gasteiger partial charge < -0.3 is 5.73 Å². The van der Waals surface area contributed by atoms with Crippen LogP contribution in [0.2, 0.25) is 5.02 Å². The normalized spacial score (nSPS) is 10.8. The van der Waals surface area contributed by atoms with Crippen molar-refractivity contribution >= 4 is 34.9 Å². The second-order valence-electron chi connectivity index (χ2n) is 3.72. The van der Waals surface area contributed by atoms with Crippen LogP contribution in [0.4, 0.5) is 0 Å². The Morgan fingerprint density at radius 2 is 2.28 bits per heavy atom. The molecule has 2 aromatic rings. The van der Waals surface area contributed by atoms with Crippen LogP contribution in [-0.2, 0) is 12.8 Å². The lowest BCUT2D eigenvalue weighted by Crippen LogP contribution is -2.03. The molecule has 96 valence electrons. The average molecular weight is 300 g/mol. The maximum Gasteiger partial charge on any atom is 0.174 e. The van der Waals surface area contributed by atoms with Crippen LogP contribution in [-0.4, -0.2) is 15.9 Å². The van der Waals surface area contributed by atoms with Crippen LogP contribution in [0.25, 0.3) is 0 Å². The second kappa shape index (κ2) is 6.52. The monoisotopic (exact) mass is 299 g/mol. The van der Waals surface area contributed by atoms with Crippen molar-refractivity contribution in [2.45, 2.75) is 29.0 Å². The summed E-state index contributed by atoms with van der Waals surface area (Å²) >= 11 is 9.08. The van der Waals surface area contributed by atoms with E-state index in [0.29, 0.717) is 6.54 Å². The molecule has 0 radical (unpaired) electrons. The standard InChI is InChI=1S/C12H14ClN3S2/c1-2-11-15-12(18-16-11)17-10-7-9(13)4-3-8(10)5-6-14/h3-4,7H,2,5-6,14H2,1H3. The van der Waals surface area contributed by atoms with E-state index in [-0.39, 0.29) is 0 Å². The molecule has 0 aliphatic rings. The van der Waals surface area contributed by atoms with Gasteiger partial charge in [-0.2, -0.15) is 4.37 Å². The molecule has 3 nitrogen and oxygen atoms in total. The van der Waals surface area contributed by atoms with Crippen molar-refractivity contribution in [3.63, 3.8) is 0 Å². The number of halogens is 1. The molecular weight excluding hydrogens is 286 g/mol. The molecule has 0 bridgehead atoms. The first-order valence-electron chi connectivity index (χ1n) is 5.72. The third-order valence-corrected chi connectivity index (χ3v) is 4.53. The summed E-state index contributed by atoms with van der Waals surface area (Å²) in [5.41, 5.74) is 6.83. The lowest BCUT2D eigenvalue weighted by molar-refractivity contribution is 0.942. The van der Waals surface area contributed by atoms with Gasteiger partial charge in [-0.05, 0) is 42.2 Å². The quantitative estimate of drug-likeness (QED) is 0.919. The molecule has 0 spiro atoms. The minimum Gasteiger partial charge on any atom is -0.330 e. The molecule has 18 heavy (non-hydrogen) atoms. The Morgan fingerprint density at radius 1 is 1.44 bits per heavy atom. The van der Waals surface area contributed by atoms with Gasteiger partial charge in [0.15, 0.2) is 4.34 Å². The van der Waals surface area contributed by atoms with Crippen molar-refractivity contribution in [1.82, 2.24) is 9.36 Å². The van der Waals surface area contributed by atoms with Crippen LogP contribution in [0.1, 0.15) is 18.3 Å². The fourth-order valence-corrected chi connectivity index (χ4v) is 3.60. The van der Waals surface area contributed by atoms with Gasteiger partial charge >= 0.3 is 0 Å². The molecule has 0 aliphatic heterocycles. The van der Waals surface area contributed by atoms with Crippen molar-refractivity contribution in [2.24, 2.45) is 5.73 Å². The van der Waals surface area contributed by atoms with Crippen molar-refractivity contribution in [3.05, 3.63) is 34.6 Å². The maximum atomic E-state index is 6.04. The molecule has 2 N–H and O–H groups in total. The van der Waals surface area contributed by atoms with Crippen LogP contribution >= 0.6 is 34.9 Å². The summed E-state index contributed by atoms with van der Waals surface area (Å²) in [5, 5.41) is 0.735. The van der Waals surface area contributed by atoms with Gasteiger partial charge in [0.05, 0.1) is 0 Å². The van der Waals surface area contributed by atoms with Gasteiger partial charge in [-0.3, -0.25) is 0 Å². The van der Waals surface area contributed by atoms with Gasteiger partial charge in [-0.25, -0.2) is 4.98 Å². The van der Waals surface area contributed by atoms with Gasteiger partial charge in [-0.1, -0.05) is 36.4 Å².